The van der Waals surface area contributed by atoms with Crippen LogP contribution in [0.4, 0.5) is 0 Å². The van der Waals surface area contributed by atoms with Gasteiger partial charge in [0.2, 0.25) is 0 Å². The monoisotopic (exact) mass is 188 g/mol. The Labute approximate surface area is 83.2 Å². The summed E-state index contributed by atoms with van der Waals surface area (Å²) in [5.41, 5.74) is 0. The first-order valence-electron chi connectivity index (χ1n) is 4.79. The van der Waals surface area contributed by atoms with Crippen molar-refractivity contribution in [1.29, 1.82) is 0 Å². The molecule has 0 saturated heterocycles. The van der Waals surface area contributed by atoms with Gasteiger partial charge in [0.25, 0.3) is 0 Å². The van der Waals surface area contributed by atoms with Gasteiger partial charge < -0.3 is 4.74 Å². The minimum atomic E-state index is -0.289. The van der Waals surface area contributed by atoms with E-state index in [1.165, 1.54) is 18.9 Å². The van der Waals surface area contributed by atoms with Crippen molar-refractivity contribution in [3.8, 4) is 5.75 Å². The van der Waals surface area contributed by atoms with Crippen LogP contribution in [0.5, 0.6) is 5.75 Å². The molecule has 0 heterocycles. The number of hydrogen-bond donors (Lipinski definition) is 0. The first kappa shape index (κ1) is 9.00. The van der Waals surface area contributed by atoms with Crippen molar-refractivity contribution < 1.29 is 9.53 Å². The van der Waals surface area contributed by atoms with Gasteiger partial charge in [-0.15, -0.1) is 0 Å². The van der Waals surface area contributed by atoms with Crippen LogP contribution in [0.1, 0.15) is 12.8 Å². The summed E-state index contributed by atoms with van der Waals surface area (Å²) >= 11 is 0. The van der Waals surface area contributed by atoms with Crippen molar-refractivity contribution >= 4 is 5.97 Å². The standard InChI is InChI=1S/C12H12O2/c13-12(9-8-10-6-7-10)14-11-4-2-1-3-5-11/h1-5,8-10H,6-7H2. The van der Waals surface area contributed by atoms with Gasteiger partial charge >= 0.3 is 5.97 Å². The maximum Gasteiger partial charge on any atom is 0.335 e. The summed E-state index contributed by atoms with van der Waals surface area (Å²) in [5.74, 6) is 0.916. The van der Waals surface area contributed by atoms with Gasteiger partial charge in [-0.1, -0.05) is 24.3 Å². The second kappa shape index (κ2) is 4.09. The fourth-order valence-corrected chi connectivity index (χ4v) is 1.14. The van der Waals surface area contributed by atoms with Crippen molar-refractivity contribution in [2.24, 2.45) is 5.92 Å². The summed E-state index contributed by atoms with van der Waals surface area (Å²) in [5, 5.41) is 0. The van der Waals surface area contributed by atoms with E-state index >= 15 is 0 Å². The van der Waals surface area contributed by atoms with E-state index in [1.54, 1.807) is 12.1 Å². The third-order valence-electron chi connectivity index (χ3n) is 2.09. The number of rotatable bonds is 3. The van der Waals surface area contributed by atoms with Crippen LogP contribution in [0.25, 0.3) is 0 Å². The Bertz CT molecular complexity index is 337. The molecule has 0 aliphatic heterocycles. The number of para-hydroxylation sites is 1. The normalized spacial score (nSPS) is 15.7. The van der Waals surface area contributed by atoms with E-state index < -0.39 is 0 Å². The summed E-state index contributed by atoms with van der Waals surface area (Å²) in [6.07, 6.45) is 5.85. The number of carbonyl (C=O) groups is 1. The van der Waals surface area contributed by atoms with Crippen LogP contribution in [0.15, 0.2) is 42.5 Å². The SMILES string of the molecule is O=C(C=CC1CC1)Oc1ccccc1. The highest BCUT2D eigenvalue weighted by atomic mass is 16.5. The van der Waals surface area contributed by atoms with E-state index in [0.717, 1.165) is 0 Å². The van der Waals surface area contributed by atoms with Crippen molar-refractivity contribution in [1.82, 2.24) is 0 Å². The van der Waals surface area contributed by atoms with Crippen LogP contribution in [-0.2, 0) is 4.79 Å². The summed E-state index contributed by atoms with van der Waals surface area (Å²) in [7, 11) is 0. The molecule has 0 N–H and O–H groups in total. The summed E-state index contributed by atoms with van der Waals surface area (Å²) < 4.78 is 5.07. The Morgan fingerprint density at radius 3 is 2.64 bits per heavy atom. The van der Waals surface area contributed by atoms with Gasteiger partial charge in [0.1, 0.15) is 5.75 Å². The average Bonchev–Trinajstić information content (AvgIpc) is 3.00. The van der Waals surface area contributed by atoms with Crippen LogP contribution in [0.3, 0.4) is 0 Å². The van der Waals surface area contributed by atoms with E-state index in [-0.39, 0.29) is 5.97 Å². The Morgan fingerprint density at radius 2 is 2.00 bits per heavy atom. The lowest BCUT2D eigenvalue weighted by atomic mass is 10.3. The molecule has 14 heavy (non-hydrogen) atoms. The molecule has 2 heteroatoms. The topological polar surface area (TPSA) is 26.3 Å². The largest absolute Gasteiger partial charge is 0.423 e. The van der Waals surface area contributed by atoms with Crippen LogP contribution >= 0.6 is 0 Å². The Balaban J connectivity index is 1.87. The number of allylic oxidation sites excluding steroid dienone is 1. The van der Waals surface area contributed by atoms with Crippen LogP contribution in [0.2, 0.25) is 0 Å². The molecule has 72 valence electrons. The molecular weight excluding hydrogens is 176 g/mol. The predicted octanol–water partition coefficient (Wildman–Crippen LogP) is 2.56. The minimum Gasteiger partial charge on any atom is -0.423 e. The van der Waals surface area contributed by atoms with Gasteiger partial charge in [-0.3, -0.25) is 0 Å². The van der Waals surface area contributed by atoms with Gasteiger partial charge in [-0.25, -0.2) is 4.79 Å². The molecular formula is C12H12O2. The number of ether oxygens (including phenoxy) is 1. The second-order valence-corrected chi connectivity index (χ2v) is 3.43. The minimum absolute atomic E-state index is 0.289. The van der Waals surface area contributed by atoms with Crippen molar-refractivity contribution in [2.75, 3.05) is 0 Å². The van der Waals surface area contributed by atoms with Crippen molar-refractivity contribution in [2.45, 2.75) is 12.8 Å². The van der Waals surface area contributed by atoms with E-state index in [1.807, 2.05) is 24.3 Å². The predicted molar refractivity (Wildman–Crippen MR) is 53.9 cm³/mol. The molecule has 0 aromatic heterocycles. The molecule has 2 nitrogen and oxygen atoms in total. The van der Waals surface area contributed by atoms with Crippen molar-refractivity contribution in [3.05, 3.63) is 42.5 Å². The molecule has 2 rings (SSSR count). The highest BCUT2D eigenvalue weighted by molar-refractivity contribution is 5.84. The quantitative estimate of drug-likeness (QED) is 0.414. The van der Waals surface area contributed by atoms with Gasteiger partial charge in [-0.2, -0.15) is 0 Å². The summed E-state index contributed by atoms with van der Waals surface area (Å²) in [4.78, 5) is 11.2. The van der Waals surface area contributed by atoms with Gasteiger partial charge in [0, 0.05) is 6.08 Å². The van der Waals surface area contributed by atoms with Crippen LogP contribution in [0, 0.1) is 5.92 Å². The van der Waals surface area contributed by atoms with Gasteiger partial charge in [-0.05, 0) is 30.9 Å². The lowest BCUT2D eigenvalue weighted by Gasteiger charge is -1.98. The molecule has 0 atom stereocenters. The summed E-state index contributed by atoms with van der Waals surface area (Å²) in [6, 6.07) is 9.10. The number of esters is 1. The Kier molecular flexibility index (Phi) is 2.63. The zero-order valence-electron chi connectivity index (χ0n) is 7.85. The Hall–Kier alpha value is -1.57. The molecule has 1 saturated carbocycles. The zero-order chi connectivity index (χ0) is 9.80. The van der Waals surface area contributed by atoms with Gasteiger partial charge in [0.15, 0.2) is 0 Å². The lowest BCUT2D eigenvalue weighted by molar-refractivity contribution is -0.129. The highest BCUT2D eigenvalue weighted by Gasteiger charge is 2.17. The third-order valence-corrected chi connectivity index (χ3v) is 2.09. The molecule has 1 aromatic carbocycles. The van der Waals surface area contributed by atoms with E-state index in [9.17, 15) is 4.79 Å². The molecule has 0 bridgehead atoms. The molecule has 0 amide bonds. The maximum atomic E-state index is 11.2. The van der Waals surface area contributed by atoms with Crippen LogP contribution in [-0.4, -0.2) is 5.97 Å². The first-order valence-corrected chi connectivity index (χ1v) is 4.79. The van der Waals surface area contributed by atoms with Crippen LogP contribution < -0.4 is 4.74 Å². The lowest BCUT2D eigenvalue weighted by Crippen LogP contribution is -2.03. The molecule has 1 aliphatic rings. The van der Waals surface area contributed by atoms with E-state index in [4.69, 9.17) is 4.74 Å². The van der Waals surface area contributed by atoms with Crippen molar-refractivity contribution in [3.63, 3.8) is 0 Å². The molecule has 0 radical (unpaired) electrons. The molecule has 1 aromatic rings. The van der Waals surface area contributed by atoms with E-state index in [0.29, 0.717) is 11.7 Å². The second-order valence-electron chi connectivity index (χ2n) is 3.43. The molecule has 0 spiro atoms. The first-order chi connectivity index (χ1) is 6.84. The Morgan fingerprint density at radius 1 is 1.29 bits per heavy atom. The fourth-order valence-electron chi connectivity index (χ4n) is 1.14. The molecule has 1 aliphatic carbocycles. The number of hydrogen-bond acceptors (Lipinski definition) is 2. The van der Waals surface area contributed by atoms with Gasteiger partial charge in [0.05, 0.1) is 0 Å². The molecule has 0 unspecified atom stereocenters. The fraction of sp³-hybridized carbons (Fsp3) is 0.250. The smallest absolute Gasteiger partial charge is 0.335 e. The zero-order valence-corrected chi connectivity index (χ0v) is 7.85. The average molecular weight is 188 g/mol. The number of carbonyl (C=O) groups excluding carboxylic acids is 1. The van der Waals surface area contributed by atoms with E-state index in [2.05, 4.69) is 0 Å². The summed E-state index contributed by atoms with van der Waals surface area (Å²) in [6.45, 7) is 0. The number of benzene rings is 1. The highest BCUT2D eigenvalue weighted by Crippen LogP contribution is 2.29. The third kappa shape index (κ3) is 2.73. The maximum absolute atomic E-state index is 11.2. The molecule has 1 fully saturated rings.